The number of anilines is 1. The monoisotopic (exact) mass is 447 g/mol. The van der Waals surface area contributed by atoms with Crippen LogP contribution in [0.2, 0.25) is 0 Å². The van der Waals surface area contributed by atoms with Crippen molar-refractivity contribution in [2.45, 2.75) is 45.4 Å². The van der Waals surface area contributed by atoms with Gasteiger partial charge in [0.15, 0.2) is 0 Å². The van der Waals surface area contributed by atoms with Gasteiger partial charge in [0.05, 0.1) is 0 Å². The molecule has 2 aromatic carbocycles. The molecule has 1 N–H and O–H groups in total. The highest BCUT2D eigenvalue weighted by Gasteiger charge is 2.23. The zero-order valence-corrected chi connectivity index (χ0v) is 19.8. The number of hydrogen-bond acceptors (Lipinski definition) is 4. The molecule has 1 aliphatic heterocycles. The molecular formula is C28H37N3O2. The van der Waals surface area contributed by atoms with Gasteiger partial charge >= 0.3 is 0 Å². The molecule has 5 nitrogen and oxygen atoms in total. The number of carbonyl (C=O) groups excluding carboxylic acids is 2. The molecule has 1 heterocycles. The summed E-state index contributed by atoms with van der Waals surface area (Å²) in [4.78, 5) is 29.0. The number of nitrogens with one attached hydrogen (secondary N) is 1. The highest BCUT2D eigenvalue weighted by atomic mass is 16.2. The third kappa shape index (κ3) is 7.59. The lowest BCUT2D eigenvalue weighted by Gasteiger charge is -2.34. The average Bonchev–Trinajstić information content (AvgIpc) is 2.88. The Bertz CT molecular complexity index is 886. The molecule has 0 saturated carbocycles. The zero-order chi connectivity index (χ0) is 23.3. The highest BCUT2D eigenvalue weighted by molar-refractivity contribution is 6.06. The molecule has 0 atom stereocenters. The van der Waals surface area contributed by atoms with Crippen LogP contribution in [0.15, 0.2) is 66.4 Å². The number of hydrogen-bond donors (Lipinski definition) is 1. The molecule has 1 amide bonds. The van der Waals surface area contributed by atoms with Crippen LogP contribution >= 0.6 is 0 Å². The molecule has 5 heteroatoms. The van der Waals surface area contributed by atoms with E-state index in [2.05, 4.69) is 23.1 Å². The van der Waals surface area contributed by atoms with Crippen molar-refractivity contribution >= 4 is 17.5 Å². The maximum atomic E-state index is 13.2. The maximum absolute atomic E-state index is 13.2. The molecule has 1 saturated heterocycles. The zero-order valence-electron chi connectivity index (χ0n) is 19.8. The number of para-hydroxylation sites is 1. The minimum Gasteiger partial charge on any atom is -0.366 e. The Kier molecular flexibility index (Phi) is 10.2. The van der Waals surface area contributed by atoms with Crippen LogP contribution in [-0.2, 0) is 4.79 Å². The van der Waals surface area contributed by atoms with E-state index in [1.165, 1.54) is 19.3 Å². The molecule has 0 spiro atoms. The van der Waals surface area contributed by atoms with Crippen molar-refractivity contribution in [3.63, 3.8) is 0 Å². The lowest BCUT2D eigenvalue weighted by atomic mass is 9.92. The summed E-state index contributed by atoms with van der Waals surface area (Å²) >= 11 is 0. The lowest BCUT2D eigenvalue weighted by Crippen LogP contribution is -2.37. The van der Waals surface area contributed by atoms with Crippen LogP contribution in [-0.4, -0.2) is 49.5 Å². The molecular weight excluding hydrogens is 410 g/mol. The van der Waals surface area contributed by atoms with E-state index in [4.69, 9.17) is 0 Å². The largest absolute Gasteiger partial charge is 0.366 e. The van der Waals surface area contributed by atoms with Gasteiger partial charge < -0.3 is 15.1 Å². The number of piperidine rings is 1. The van der Waals surface area contributed by atoms with Crippen molar-refractivity contribution in [3.05, 3.63) is 71.9 Å². The van der Waals surface area contributed by atoms with Gasteiger partial charge in [-0.15, -0.1) is 0 Å². The molecule has 176 valence electrons. The molecule has 0 aromatic heterocycles. The highest BCUT2D eigenvalue weighted by Crippen LogP contribution is 2.25. The van der Waals surface area contributed by atoms with Crippen LogP contribution in [0.5, 0.6) is 0 Å². The Labute approximate surface area is 198 Å². The number of likely N-dealkylation sites (tertiary alicyclic amines) is 1. The fourth-order valence-corrected chi connectivity index (χ4v) is 4.49. The van der Waals surface area contributed by atoms with Gasteiger partial charge in [-0.3, -0.25) is 4.79 Å². The summed E-state index contributed by atoms with van der Waals surface area (Å²) in [6, 6.07) is 19.0. The van der Waals surface area contributed by atoms with Gasteiger partial charge in [0.1, 0.15) is 11.6 Å². The Balaban J connectivity index is 1.55. The van der Waals surface area contributed by atoms with Crippen molar-refractivity contribution in [2.24, 2.45) is 5.92 Å². The summed E-state index contributed by atoms with van der Waals surface area (Å²) in [5.74, 6) is 2.86. The Morgan fingerprint density at radius 1 is 1.03 bits per heavy atom. The van der Waals surface area contributed by atoms with E-state index in [-0.39, 0.29) is 5.91 Å². The van der Waals surface area contributed by atoms with E-state index < -0.39 is 0 Å². The molecule has 33 heavy (non-hydrogen) atoms. The molecule has 0 aliphatic carbocycles. The van der Waals surface area contributed by atoms with Crippen molar-refractivity contribution in [3.8, 4) is 0 Å². The third-order valence-corrected chi connectivity index (χ3v) is 6.41. The number of amides is 1. The predicted octanol–water partition coefficient (Wildman–Crippen LogP) is 4.93. The average molecular weight is 448 g/mol. The summed E-state index contributed by atoms with van der Waals surface area (Å²) < 4.78 is 0. The normalized spacial score (nSPS) is 14.0. The van der Waals surface area contributed by atoms with E-state index in [1.54, 1.807) is 4.90 Å². The van der Waals surface area contributed by atoms with E-state index in [1.807, 2.05) is 60.7 Å². The SMILES string of the molecule is CCCNCCCC1CCN(C(=C=O)CCN(C(=O)c2ccccc2)c2ccccc2)CC1. The molecule has 0 unspecified atom stereocenters. The molecule has 1 fully saturated rings. The first-order valence-corrected chi connectivity index (χ1v) is 12.3. The summed E-state index contributed by atoms with van der Waals surface area (Å²) in [6.07, 6.45) is 6.38. The van der Waals surface area contributed by atoms with Gasteiger partial charge in [-0.2, -0.15) is 0 Å². The van der Waals surface area contributed by atoms with Crippen LogP contribution in [0.4, 0.5) is 5.69 Å². The van der Waals surface area contributed by atoms with Crippen molar-refractivity contribution < 1.29 is 9.59 Å². The van der Waals surface area contributed by atoms with Crippen LogP contribution < -0.4 is 10.2 Å². The number of benzene rings is 2. The van der Waals surface area contributed by atoms with Gasteiger partial charge in [-0.25, -0.2) is 4.79 Å². The first-order chi connectivity index (χ1) is 16.2. The molecule has 1 aliphatic rings. The summed E-state index contributed by atoms with van der Waals surface area (Å²) in [7, 11) is 0. The van der Waals surface area contributed by atoms with E-state index >= 15 is 0 Å². The summed E-state index contributed by atoms with van der Waals surface area (Å²) in [5, 5.41) is 3.47. The topological polar surface area (TPSA) is 52.7 Å². The standard InChI is InChI=1S/C28H37N3O2/c1-2-18-29-19-9-10-24-15-20-30(21-16-24)27(23-32)17-22-31(26-13-7-4-8-14-26)28(33)25-11-5-3-6-12-25/h3-8,11-14,24,29H,2,9-10,15-22H2,1H3. The van der Waals surface area contributed by atoms with Crippen LogP contribution in [0.1, 0.15) is 55.8 Å². The minimum absolute atomic E-state index is 0.0533. The lowest BCUT2D eigenvalue weighted by molar-refractivity contribution is 0.0986. The van der Waals surface area contributed by atoms with Crippen molar-refractivity contribution in [1.82, 2.24) is 10.2 Å². The van der Waals surface area contributed by atoms with Crippen LogP contribution in [0.25, 0.3) is 0 Å². The molecule has 2 aromatic rings. The Morgan fingerprint density at radius 3 is 2.33 bits per heavy atom. The second-order valence-electron chi connectivity index (χ2n) is 8.78. The Morgan fingerprint density at radius 2 is 1.70 bits per heavy atom. The third-order valence-electron chi connectivity index (χ3n) is 6.41. The fourth-order valence-electron chi connectivity index (χ4n) is 4.49. The van der Waals surface area contributed by atoms with Gasteiger partial charge in [-0.1, -0.05) is 43.3 Å². The van der Waals surface area contributed by atoms with E-state index in [0.29, 0.717) is 24.2 Å². The van der Waals surface area contributed by atoms with Gasteiger partial charge in [0, 0.05) is 37.3 Å². The van der Waals surface area contributed by atoms with E-state index in [0.717, 1.165) is 50.6 Å². The summed E-state index contributed by atoms with van der Waals surface area (Å²) in [5.41, 5.74) is 2.17. The minimum atomic E-state index is -0.0533. The van der Waals surface area contributed by atoms with Gasteiger partial charge in [-0.05, 0) is 75.4 Å². The molecule has 3 rings (SSSR count). The first-order valence-electron chi connectivity index (χ1n) is 12.3. The number of nitrogens with zero attached hydrogens (tertiary/aromatic N) is 2. The maximum Gasteiger partial charge on any atom is 0.258 e. The number of carbonyl (C=O) groups is 1. The molecule has 0 radical (unpaired) electrons. The van der Waals surface area contributed by atoms with Gasteiger partial charge in [0.2, 0.25) is 0 Å². The second kappa shape index (κ2) is 13.6. The first kappa shape index (κ1) is 24.8. The van der Waals surface area contributed by atoms with E-state index in [9.17, 15) is 9.59 Å². The Hall–Kier alpha value is -2.88. The van der Waals surface area contributed by atoms with Gasteiger partial charge in [0.25, 0.3) is 5.91 Å². The summed E-state index contributed by atoms with van der Waals surface area (Å²) in [6.45, 7) is 6.63. The molecule has 0 bridgehead atoms. The van der Waals surface area contributed by atoms with Crippen molar-refractivity contribution in [2.75, 3.05) is 37.6 Å². The van der Waals surface area contributed by atoms with Crippen molar-refractivity contribution in [1.29, 1.82) is 0 Å². The predicted molar refractivity (Wildman–Crippen MR) is 135 cm³/mol. The second-order valence-corrected chi connectivity index (χ2v) is 8.78. The smallest absolute Gasteiger partial charge is 0.258 e. The number of rotatable bonds is 12. The van der Waals surface area contributed by atoms with Crippen LogP contribution in [0.3, 0.4) is 0 Å². The van der Waals surface area contributed by atoms with Crippen LogP contribution in [0, 0.1) is 5.92 Å². The quantitative estimate of drug-likeness (QED) is 0.370. The fraction of sp³-hybridized carbons (Fsp3) is 0.464.